The van der Waals surface area contributed by atoms with Crippen molar-refractivity contribution < 1.29 is 4.79 Å². The molecule has 0 aliphatic heterocycles. The lowest BCUT2D eigenvalue weighted by Gasteiger charge is -2.19. The molecule has 2 aromatic rings. The van der Waals surface area contributed by atoms with Crippen molar-refractivity contribution in [3.8, 4) is 6.07 Å². The van der Waals surface area contributed by atoms with E-state index in [0.29, 0.717) is 11.3 Å². The number of amides is 1. The van der Waals surface area contributed by atoms with Crippen molar-refractivity contribution in [2.75, 3.05) is 5.32 Å². The van der Waals surface area contributed by atoms with Gasteiger partial charge in [0.1, 0.15) is 0 Å². The van der Waals surface area contributed by atoms with Gasteiger partial charge < -0.3 is 11.1 Å². The van der Waals surface area contributed by atoms with E-state index in [-0.39, 0.29) is 12.0 Å². The molecule has 1 saturated carbocycles. The molecule has 2 aromatic heterocycles. The van der Waals surface area contributed by atoms with E-state index in [9.17, 15) is 4.79 Å². The molecular weight excluding hydrogens is 254 g/mol. The van der Waals surface area contributed by atoms with Gasteiger partial charge in [-0.05, 0) is 31.4 Å². The first-order chi connectivity index (χ1) is 9.70. The average Bonchev–Trinajstić information content (AvgIpc) is 3.06. The summed E-state index contributed by atoms with van der Waals surface area (Å²) in [6.07, 6.45) is 6.11. The Hall–Kier alpha value is -2.55. The highest BCUT2D eigenvalue weighted by molar-refractivity contribution is 6.01. The number of fused-ring (bicyclic) bond motifs is 1. The quantitative estimate of drug-likeness (QED) is 0.883. The van der Waals surface area contributed by atoms with E-state index in [1.807, 2.05) is 18.3 Å². The number of hydrogen-bond acceptors (Lipinski definition) is 4. The first kappa shape index (κ1) is 12.5. The highest BCUT2D eigenvalue weighted by Gasteiger charge is 2.28. The van der Waals surface area contributed by atoms with Crippen molar-refractivity contribution >= 4 is 17.1 Å². The fraction of sp³-hybridized carbons (Fsp3) is 0.357. The number of primary amides is 1. The fourth-order valence-corrected chi connectivity index (χ4v) is 2.80. The molecule has 1 amide bonds. The van der Waals surface area contributed by atoms with Crippen LogP contribution in [0, 0.1) is 17.2 Å². The van der Waals surface area contributed by atoms with Crippen LogP contribution < -0.4 is 11.1 Å². The molecule has 0 saturated heterocycles. The highest BCUT2D eigenvalue weighted by Crippen LogP contribution is 2.31. The summed E-state index contributed by atoms with van der Waals surface area (Å²) in [5.41, 5.74) is 7.25. The maximum Gasteiger partial charge on any atom is 0.252 e. The number of anilines is 1. The van der Waals surface area contributed by atoms with E-state index in [1.165, 1.54) is 6.20 Å². The predicted octanol–water partition coefficient (Wildman–Crippen LogP) is 1.54. The maximum absolute atomic E-state index is 11.6. The fourth-order valence-electron chi connectivity index (χ4n) is 2.80. The lowest BCUT2D eigenvalue weighted by Crippen LogP contribution is -2.26. The molecule has 1 fully saturated rings. The Balaban J connectivity index is 2.04. The third-order valence-electron chi connectivity index (χ3n) is 3.84. The molecule has 2 heterocycles. The van der Waals surface area contributed by atoms with Crippen LogP contribution in [0.2, 0.25) is 0 Å². The summed E-state index contributed by atoms with van der Waals surface area (Å²) in [7, 11) is 0. The molecule has 0 spiro atoms. The van der Waals surface area contributed by atoms with Gasteiger partial charge >= 0.3 is 0 Å². The zero-order valence-corrected chi connectivity index (χ0v) is 10.9. The topological polar surface area (TPSA) is 96.2 Å². The molecule has 0 bridgehead atoms. The van der Waals surface area contributed by atoms with Gasteiger partial charge in [0, 0.05) is 12.2 Å². The van der Waals surface area contributed by atoms with Crippen molar-refractivity contribution in [3.05, 3.63) is 30.1 Å². The molecule has 0 radical (unpaired) electrons. The number of nitriles is 1. The highest BCUT2D eigenvalue weighted by atomic mass is 16.1. The Morgan fingerprint density at radius 3 is 3.15 bits per heavy atom. The smallest absolute Gasteiger partial charge is 0.252 e. The van der Waals surface area contributed by atoms with Gasteiger partial charge in [-0.3, -0.25) is 4.79 Å². The third-order valence-corrected chi connectivity index (χ3v) is 3.84. The van der Waals surface area contributed by atoms with Gasteiger partial charge in [-0.15, -0.1) is 0 Å². The molecular formula is C14H15N5O. The average molecular weight is 269 g/mol. The number of aromatic nitrogens is 2. The molecule has 1 aliphatic carbocycles. The summed E-state index contributed by atoms with van der Waals surface area (Å²) in [6, 6.07) is 6.11. The predicted molar refractivity (Wildman–Crippen MR) is 74.1 cm³/mol. The number of rotatable bonds is 3. The molecule has 20 heavy (non-hydrogen) atoms. The minimum atomic E-state index is -0.518. The summed E-state index contributed by atoms with van der Waals surface area (Å²) in [4.78, 5) is 11.6. The molecule has 0 aromatic carbocycles. The molecule has 1 aliphatic rings. The number of hydrogen-bond donors (Lipinski definition) is 2. The van der Waals surface area contributed by atoms with Crippen molar-refractivity contribution in [1.29, 1.82) is 5.26 Å². The molecule has 6 nitrogen and oxygen atoms in total. The SMILES string of the molecule is N#C[C@@H]1CCC[C@H]1Nc1c(C(N)=O)cnn2cccc12. The molecule has 102 valence electrons. The van der Waals surface area contributed by atoms with Crippen LogP contribution in [0.3, 0.4) is 0 Å². The van der Waals surface area contributed by atoms with Gasteiger partial charge in [-0.25, -0.2) is 4.52 Å². The number of carbonyl (C=O) groups is 1. The first-order valence-corrected chi connectivity index (χ1v) is 6.63. The Bertz CT molecular complexity index is 699. The van der Waals surface area contributed by atoms with E-state index in [2.05, 4.69) is 16.5 Å². The third kappa shape index (κ3) is 1.97. The van der Waals surface area contributed by atoms with Crippen LogP contribution in [0.15, 0.2) is 24.5 Å². The van der Waals surface area contributed by atoms with Crippen LogP contribution in [0.25, 0.3) is 5.52 Å². The second-order valence-electron chi connectivity index (χ2n) is 5.05. The number of nitrogens with one attached hydrogen (secondary N) is 1. The van der Waals surface area contributed by atoms with Gasteiger partial charge in [-0.2, -0.15) is 10.4 Å². The Morgan fingerprint density at radius 2 is 2.40 bits per heavy atom. The monoisotopic (exact) mass is 269 g/mol. The van der Waals surface area contributed by atoms with Crippen molar-refractivity contribution in [1.82, 2.24) is 9.61 Å². The van der Waals surface area contributed by atoms with E-state index in [4.69, 9.17) is 11.0 Å². The van der Waals surface area contributed by atoms with Crippen LogP contribution in [-0.2, 0) is 0 Å². The summed E-state index contributed by atoms with van der Waals surface area (Å²) >= 11 is 0. The summed E-state index contributed by atoms with van der Waals surface area (Å²) in [5, 5.41) is 16.7. The van der Waals surface area contributed by atoms with E-state index in [1.54, 1.807) is 4.52 Å². The van der Waals surface area contributed by atoms with E-state index >= 15 is 0 Å². The molecule has 2 atom stereocenters. The normalized spacial score (nSPS) is 21.8. The summed E-state index contributed by atoms with van der Waals surface area (Å²) < 4.78 is 1.69. The van der Waals surface area contributed by atoms with Crippen LogP contribution in [0.4, 0.5) is 5.69 Å². The van der Waals surface area contributed by atoms with Gasteiger partial charge in [0.2, 0.25) is 0 Å². The standard InChI is InChI=1S/C14H15N5O/c15-7-9-3-1-4-11(9)18-13-10(14(16)20)8-17-19-6-2-5-12(13)19/h2,5-6,8-9,11,18H,1,3-4H2,(H2,16,20)/t9-,11+/m0/s1. The van der Waals surface area contributed by atoms with Gasteiger partial charge in [-0.1, -0.05) is 0 Å². The van der Waals surface area contributed by atoms with Crippen LogP contribution >= 0.6 is 0 Å². The second-order valence-corrected chi connectivity index (χ2v) is 5.05. The molecule has 0 unspecified atom stereocenters. The van der Waals surface area contributed by atoms with Crippen LogP contribution in [0.1, 0.15) is 29.6 Å². The van der Waals surface area contributed by atoms with Crippen molar-refractivity contribution in [2.45, 2.75) is 25.3 Å². The zero-order chi connectivity index (χ0) is 14.1. The number of nitrogens with zero attached hydrogens (tertiary/aromatic N) is 3. The minimum Gasteiger partial charge on any atom is -0.379 e. The van der Waals surface area contributed by atoms with Crippen LogP contribution in [-0.4, -0.2) is 21.6 Å². The second kappa shape index (κ2) is 4.85. The van der Waals surface area contributed by atoms with Gasteiger partial charge in [0.25, 0.3) is 5.91 Å². The lowest BCUT2D eigenvalue weighted by atomic mass is 10.0. The Labute approximate surface area is 116 Å². The van der Waals surface area contributed by atoms with Gasteiger partial charge in [0.15, 0.2) is 0 Å². The van der Waals surface area contributed by atoms with Gasteiger partial charge in [0.05, 0.1) is 35.0 Å². The zero-order valence-electron chi connectivity index (χ0n) is 10.9. The number of nitrogens with two attached hydrogens (primary N) is 1. The largest absolute Gasteiger partial charge is 0.379 e. The molecule has 6 heteroatoms. The Morgan fingerprint density at radius 1 is 1.55 bits per heavy atom. The first-order valence-electron chi connectivity index (χ1n) is 6.63. The van der Waals surface area contributed by atoms with E-state index in [0.717, 1.165) is 24.8 Å². The van der Waals surface area contributed by atoms with Crippen molar-refractivity contribution in [2.24, 2.45) is 11.7 Å². The summed E-state index contributed by atoms with van der Waals surface area (Å²) in [6.45, 7) is 0. The molecule has 3 N–H and O–H groups in total. The van der Waals surface area contributed by atoms with Crippen LogP contribution in [0.5, 0.6) is 0 Å². The van der Waals surface area contributed by atoms with E-state index < -0.39 is 5.91 Å². The minimum absolute atomic E-state index is 0.0288. The molecule has 3 rings (SSSR count). The Kier molecular flexibility index (Phi) is 3.03. The van der Waals surface area contributed by atoms with Crippen molar-refractivity contribution in [3.63, 3.8) is 0 Å². The lowest BCUT2D eigenvalue weighted by molar-refractivity contribution is 0.100. The summed E-state index contributed by atoms with van der Waals surface area (Å²) in [5.74, 6) is -0.547. The maximum atomic E-state index is 11.6. The number of carbonyl (C=O) groups excluding carboxylic acids is 1.